The summed E-state index contributed by atoms with van der Waals surface area (Å²) in [5, 5.41) is 2.69. The molecule has 0 bridgehead atoms. The number of nitrogens with one attached hydrogen (secondary N) is 1. The summed E-state index contributed by atoms with van der Waals surface area (Å²) in [6.07, 6.45) is 5.15. The van der Waals surface area contributed by atoms with E-state index in [0.29, 0.717) is 5.76 Å². The highest BCUT2D eigenvalue weighted by molar-refractivity contribution is 6.07. The molecule has 0 unspecified atom stereocenters. The van der Waals surface area contributed by atoms with Gasteiger partial charge in [-0.25, -0.2) is 4.79 Å². The third kappa shape index (κ3) is 2.41. The lowest BCUT2D eigenvalue weighted by Gasteiger charge is -2.18. The van der Waals surface area contributed by atoms with Crippen molar-refractivity contribution >= 4 is 18.0 Å². The molecule has 0 saturated carbocycles. The van der Waals surface area contributed by atoms with Gasteiger partial charge in [-0.3, -0.25) is 9.69 Å². The summed E-state index contributed by atoms with van der Waals surface area (Å²) in [5.41, 5.74) is -0.121. The molecule has 0 spiro atoms. The van der Waals surface area contributed by atoms with Crippen molar-refractivity contribution in [2.45, 2.75) is 12.5 Å². The standard InChI is InChI=1S/C17H16N2O3/c1-17(14-10-6-12-22-14)15(20)19(16(21)18-17)11-5-9-13-7-3-2-4-8-13/h2-10,12H,11H2,1H3,(H,18,21)/b9-5+/t17-/m1/s1. The van der Waals surface area contributed by atoms with Crippen LogP contribution in [0, 0.1) is 0 Å². The van der Waals surface area contributed by atoms with Crippen molar-refractivity contribution in [2.24, 2.45) is 0 Å². The Balaban J connectivity index is 1.74. The van der Waals surface area contributed by atoms with Gasteiger partial charge in [0.05, 0.1) is 6.26 Å². The Morgan fingerprint density at radius 1 is 1.18 bits per heavy atom. The molecule has 0 radical (unpaired) electrons. The minimum Gasteiger partial charge on any atom is -0.466 e. The van der Waals surface area contributed by atoms with E-state index in [0.717, 1.165) is 5.56 Å². The van der Waals surface area contributed by atoms with Gasteiger partial charge in [0.2, 0.25) is 0 Å². The average Bonchev–Trinajstić information content (AvgIpc) is 3.12. The zero-order valence-electron chi connectivity index (χ0n) is 12.2. The quantitative estimate of drug-likeness (QED) is 0.882. The molecule has 3 amide bonds. The summed E-state index contributed by atoms with van der Waals surface area (Å²) in [6, 6.07) is 12.7. The number of furan rings is 1. The SMILES string of the molecule is C[C@]1(c2ccco2)NC(=O)N(C/C=C/c2ccccc2)C1=O. The van der Waals surface area contributed by atoms with Crippen LogP contribution in [0.1, 0.15) is 18.2 Å². The molecule has 5 nitrogen and oxygen atoms in total. The van der Waals surface area contributed by atoms with Crippen molar-refractivity contribution in [2.75, 3.05) is 6.54 Å². The lowest BCUT2D eigenvalue weighted by atomic mass is 9.99. The fourth-order valence-electron chi connectivity index (χ4n) is 2.45. The molecule has 1 aromatic heterocycles. The van der Waals surface area contributed by atoms with E-state index in [2.05, 4.69) is 5.32 Å². The second-order valence-electron chi connectivity index (χ2n) is 5.26. The van der Waals surface area contributed by atoms with Crippen LogP contribution in [-0.4, -0.2) is 23.4 Å². The molecule has 3 rings (SSSR count). The van der Waals surface area contributed by atoms with Crippen LogP contribution in [0.4, 0.5) is 4.79 Å². The number of hydrogen-bond donors (Lipinski definition) is 1. The monoisotopic (exact) mass is 296 g/mol. The number of carbonyl (C=O) groups is 2. The Morgan fingerprint density at radius 2 is 1.95 bits per heavy atom. The fraction of sp³-hybridized carbons (Fsp3) is 0.176. The number of rotatable bonds is 4. The van der Waals surface area contributed by atoms with Gasteiger partial charge in [0.15, 0.2) is 5.54 Å². The third-order valence-electron chi connectivity index (χ3n) is 3.69. The van der Waals surface area contributed by atoms with Crippen molar-refractivity contribution in [3.63, 3.8) is 0 Å². The summed E-state index contributed by atoms with van der Waals surface area (Å²) in [6.45, 7) is 1.86. The van der Waals surface area contributed by atoms with Crippen molar-refractivity contribution in [3.05, 3.63) is 66.1 Å². The molecule has 1 saturated heterocycles. The summed E-state index contributed by atoms with van der Waals surface area (Å²) < 4.78 is 5.28. The second-order valence-corrected chi connectivity index (χ2v) is 5.26. The van der Waals surface area contributed by atoms with Gasteiger partial charge in [-0.05, 0) is 24.6 Å². The lowest BCUT2D eigenvalue weighted by molar-refractivity contribution is -0.131. The molecule has 1 aliphatic rings. The first-order chi connectivity index (χ1) is 10.6. The number of urea groups is 1. The van der Waals surface area contributed by atoms with E-state index in [1.807, 2.05) is 36.4 Å². The fourth-order valence-corrected chi connectivity index (χ4v) is 2.45. The van der Waals surface area contributed by atoms with Crippen LogP contribution >= 0.6 is 0 Å². The van der Waals surface area contributed by atoms with Gasteiger partial charge in [-0.15, -0.1) is 0 Å². The zero-order chi connectivity index (χ0) is 15.6. The van der Waals surface area contributed by atoms with E-state index in [-0.39, 0.29) is 12.5 Å². The largest absolute Gasteiger partial charge is 0.466 e. The summed E-state index contributed by atoms with van der Waals surface area (Å²) in [5.74, 6) is 0.116. The Hall–Kier alpha value is -2.82. The predicted octanol–water partition coefficient (Wildman–Crippen LogP) is 2.76. The Bertz CT molecular complexity index is 707. The van der Waals surface area contributed by atoms with Gasteiger partial charge in [0, 0.05) is 6.54 Å². The molecular formula is C17H16N2O3. The highest BCUT2D eigenvalue weighted by Crippen LogP contribution is 2.28. The van der Waals surface area contributed by atoms with Crippen LogP contribution in [0.5, 0.6) is 0 Å². The maximum atomic E-state index is 12.5. The first-order valence-electron chi connectivity index (χ1n) is 7.01. The highest BCUT2D eigenvalue weighted by atomic mass is 16.3. The molecule has 1 fully saturated rings. The van der Waals surface area contributed by atoms with Crippen molar-refractivity contribution < 1.29 is 14.0 Å². The molecule has 22 heavy (non-hydrogen) atoms. The van der Waals surface area contributed by atoms with Gasteiger partial charge in [0.1, 0.15) is 5.76 Å². The van der Waals surface area contributed by atoms with E-state index in [9.17, 15) is 9.59 Å². The Labute approximate surface area is 128 Å². The van der Waals surface area contributed by atoms with Gasteiger partial charge in [0.25, 0.3) is 5.91 Å². The van der Waals surface area contributed by atoms with E-state index in [1.165, 1.54) is 11.2 Å². The maximum absolute atomic E-state index is 12.5. The van der Waals surface area contributed by atoms with Crippen molar-refractivity contribution in [1.29, 1.82) is 0 Å². The van der Waals surface area contributed by atoms with Crippen LogP contribution in [0.25, 0.3) is 6.08 Å². The molecular weight excluding hydrogens is 280 g/mol. The number of benzene rings is 1. The summed E-state index contributed by atoms with van der Waals surface area (Å²) in [4.78, 5) is 25.8. The third-order valence-corrected chi connectivity index (χ3v) is 3.69. The van der Waals surface area contributed by atoms with E-state index >= 15 is 0 Å². The molecule has 5 heteroatoms. The minimum atomic E-state index is -1.14. The second kappa shape index (κ2) is 5.52. The van der Waals surface area contributed by atoms with Gasteiger partial charge in [-0.1, -0.05) is 42.5 Å². The van der Waals surface area contributed by atoms with E-state index in [1.54, 1.807) is 25.1 Å². The molecule has 0 aliphatic carbocycles. The predicted molar refractivity (Wildman–Crippen MR) is 81.8 cm³/mol. The molecule has 112 valence electrons. The number of hydrogen-bond acceptors (Lipinski definition) is 3. The first-order valence-corrected chi connectivity index (χ1v) is 7.01. The molecule has 2 heterocycles. The summed E-state index contributed by atoms with van der Waals surface area (Å²) >= 11 is 0. The van der Waals surface area contributed by atoms with Crippen LogP contribution < -0.4 is 5.32 Å². The van der Waals surface area contributed by atoms with Gasteiger partial charge in [-0.2, -0.15) is 0 Å². The molecule has 1 atom stereocenters. The average molecular weight is 296 g/mol. The summed E-state index contributed by atoms with van der Waals surface area (Å²) in [7, 11) is 0. The first kappa shape index (κ1) is 14.1. The van der Waals surface area contributed by atoms with Crippen LogP contribution in [0.15, 0.2) is 59.2 Å². The van der Waals surface area contributed by atoms with Gasteiger partial charge < -0.3 is 9.73 Å². The number of imide groups is 1. The van der Waals surface area contributed by atoms with Crippen molar-refractivity contribution in [3.8, 4) is 0 Å². The molecule has 1 N–H and O–H groups in total. The topological polar surface area (TPSA) is 62.6 Å². The number of carbonyl (C=O) groups excluding carboxylic acids is 2. The molecule has 1 aromatic carbocycles. The maximum Gasteiger partial charge on any atom is 0.325 e. The molecule has 2 aromatic rings. The van der Waals surface area contributed by atoms with Gasteiger partial charge >= 0.3 is 6.03 Å². The normalized spacial score (nSPS) is 21.6. The van der Waals surface area contributed by atoms with Crippen LogP contribution in [0.3, 0.4) is 0 Å². The van der Waals surface area contributed by atoms with Crippen LogP contribution in [-0.2, 0) is 10.3 Å². The zero-order valence-corrected chi connectivity index (χ0v) is 12.2. The Morgan fingerprint density at radius 3 is 2.64 bits per heavy atom. The number of nitrogens with zero attached hydrogens (tertiary/aromatic N) is 1. The van der Waals surface area contributed by atoms with E-state index < -0.39 is 11.6 Å². The van der Waals surface area contributed by atoms with Crippen molar-refractivity contribution in [1.82, 2.24) is 10.2 Å². The van der Waals surface area contributed by atoms with E-state index in [4.69, 9.17) is 4.42 Å². The lowest BCUT2D eigenvalue weighted by Crippen LogP contribution is -2.40. The smallest absolute Gasteiger partial charge is 0.325 e. The van der Waals surface area contributed by atoms with Crippen LogP contribution in [0.2, 0.25) is 0 Å². The highest BCUT2D eigenvalue weighted by Gasteiger charge is 2.50. The Kier molecular flexibility index (Phi) is 3.55. The molecule has 1 aliphatic heterocycles. The minimum absolute atomic E-state index is 0.218. The number of amides is 3.